The Bertz CT molecular complexity index is 601. The van der Waals surface area contributed by atoms with E-state index in [0.29, 0.717) is 11.6 Å². The van der Waals surface area contributed by atoms with Crippen LogP contribution in [0.4, 0.5) is 0 Å². The van der Waals surface area contributed by atoms with Crippen molar-refractivity contribution in [2.75, 3.05) is 0 Å². The Morgan fingerprint density at radius 3 is 2.31 bits per heavy atom. The number of aromatic amines is 1. The summed E-state index contributed by atoms with van der Waals surface area (Å²) >= 11 is 0. The van der Waals surface area contributed by atoms with Crippen molar-refractivity contribution in [3.05, 3.63) is 30.1 Å². The first kappa shape index (κ1) is 10.8. The fraction of sp³-hybridized carbons (Fsp3) is 0.111. The Morgan fingerprint density at radius 1 is 1.25 bits per heavy atom. The summed E-state index contributed by atoms with van der Waals surface area (Å²) in [5, 5.41) is 11.7. The minimum Gasteiger partial charge on any atom is -0.263 e. The van der Waals surface area contributed by atoms with Crippen LogP contribution in [0.2, 0.25) is 0 Å². The van der Waals surface area contributed by atoms with Crippen molar-refractivity contribution < 1.29 is 8.42 Å². The molecule has 0 saturated heterocycles. The maximum atomic E-state index is 11.0. The first-order valence-electron chi connectivity index (χ1n) is 4.49. The van der Waals surface area contributed by atoms with Gasteiger partial charge in [-0.05, 0) is 31.2 Å². The molecule has 2 aromatic rings. The van der Waals surface area contributed by atoms with Gasteiger partial charge in [-0.25, -0.2) is 18.5 Å². The van der Waals surface area contributed by atoms with Gasteiger partial charge < -0.3 is 0 Å². The molecule has 0 atom stereocenters. The van der Waals surface area contributed by atoms with Crippen LogP contribution in [0.1, 0.15) is 5.82 Å². The van der Waals surface area contributed by atoms with Gasteiger partial charge in [0.15, 0.2) is 5.82 Å². The summed E-state index contributed by atoms with van der Waals surface area (Å²) in [4.78, 5) is 4.20. The second-order valence-electron chi connectivity index (χ2n) is 3.31. The van der Waals surface area contributed by atoms with Crippen LogP contribution in [-0.4, -0.2) is 23.6 Å². The van der Waals surface area contributed by atoms with Gasteiger partial charge >= 0.3 is 0 Å². The lowest BCUT2D eigenvalue weighted by atomic mass is 10.2. The van der Waals surface area contributed by atoms with Crippen LogP contribution in [0.5, 0.6) is 0 Å². The number of nitrogens with zero attached hydrogens (tertiary/aromatic N) is 2. The van der Waals surface area contributed by atoms with Gasteiger partial charge in [-0.3, -0.25) is 5.10 Å². The zero-order chi connectivity index (χ0) is 11.8. The normalized spacial score (nSPS) is 11.6. The maximum Gasteiger partial charge on any atom is 0.238 e. The fourth-order valence-electron chi connectivity index (χ4n) is 1.27. The van der Waals surface area contributed by atoms with Crippen LogP contribution in [0.15, 0.2) is 29.2 Å². The average molecular weight is 238 g/mol. The van der Waals surface area contributed by atoms with E-state index < -0.39 is 10.0 Å². The zero-order valence-corrected chi connectivity index (χ0v) is 9.32. The Labute approximate surface area is 92.6 Å². The number of benzene rings is 1. The molecule has 0 bridgehead atoms. The average Bonchev–Trinajstić information content (AvgIpc) is 2.64. The first-order valence-corrected chi connectivity index (χ1v) is 6.04. The predicted molar refractivity (Wildman–Crippen MR) is 57.9 cm³/mol. The van der Waals surface area contributed by atoms with Crippen LogP contribution in [0.3, 0.4) is 0 Å². The summed E-state index contributed by atoms with van der Waals surface area (Å²) in [6.45, 7) is 1.79. The number of nitrogens with one attached hydrogen (secondary N) is 1. The number of nitrogens with two attached hydrogens (primary N) is 1. The van der Waals surface area contributed by atoms with Crippen LogP contribution >= 0.6 is 0 Å². The Balaban J connectivity index is 2.40. The molecule has 0 fully saturated rings. The van der Waals surface area contributed by atoms with Crippen molar-refractivity contribution in [1.82, 2.24) is 15.2 Å². The van der Waals surface area contributed by atoms with E-state index in [1.54, 1.807) is 19.1 Å². The fourth-order valence-corrected chi connectivity index (χ4v) is 1.78. The van der Waals surface area contributed by atoms with Gasteiger partial charge in [0, 0.05) is 5.56 Å². The SMILES string of the molecule is Cc1nc(-c2ccc(S(N)(=O)=O)cc2)n[nH]1. The number of H-pyrrole nitrogens is 1. The lowest BCUT2D eigenvalue weighted by Crippen LogP contribution is -2.11. The van der Waals surface area contributed by atoms with Gasteiger partial charge in [0.05, 0.1) is 4.90 Å². The van der Waals surface area contributed by atoms with E-state index in [4.69, 9.17) is 5.14 Å². The molecule has 7 heteroatoms. The standard InChI is InChI=1S/C9H10N4O2S/c1-6-11-9(13-12-6)7-2-4-8(5-3-7)16(10,14)15/h2-5H,1H3,(H2,10,14,15)(H,11,12,13). The molecule has 0 aliphatic heterocycles. The zero-order valence-electron chi connectivity index (χ0n) is 8.51. The molecule has 6 nitrogen and oxygen atoms in total. The molecule has 84 valence electrons. The molecule has 0 aliphatic rings. The summed E-state index contributed by atoms with van der Waals surface area (Å²) in [6.07, 6.45) is 0. The summed E-state index contributed by atoms with van der Waals surface area (Å²) in [5.74, 6) is 1.23. The first-order chi connectivity index (χ1) is 7.47. The van der Waals surface area contributed by atoms with Crippen LogP contribution in [0, 0.1) is 6.92 Å². The van der Waals surface area contributed by atoms with E-state index in [2.05, 4.69) is 15.2 Å². The minimum atomic E-state index is -3.65. The molecule has 0 unspecified atom stereocenters. The Morgan fingerprint density at radius 2 is 1.88 bits per heavy atom. The Hall–Kier alpha value is -1.73. The van der Waals surface area contributed by atoms with Gasteiger partial charge in [-0.15, -0.1) is 0 Å². The van der Waals surface area contributed by atoms with Crippen molar-refractivity contribution >= 4 is 10.0 Å². The van der Waals surface area contributed by atoms with Crippen molar-refractivity contribution in [2.45, 2.75) is 11.8 Å². The highest BCUT2D eigenvalue weighted by Gasteiger charge is 2.08. The quantitative estimate of drug-likeness (QED) is 0.791. The number of hydrogen-bond acceptors (Lipinski definition) is 4. The van der Waals surface area contributed by atoms with Gasteiger partial charge in [-0.2, -0.15) is 5.10 Å². The molecular weight excluding hydrogens is 228 g/mol. The molecule has 0 radical (unpaired) electrons. The van der Waals surface area contributed by atoms with Crippen LogP contribution < -0.4 is 5.14 Å². The molecule has 0 aliphatic carbocycles. The van der Waals surface area contributed by atoms with E-state index in [1.807, 2.05) is 0 Å². The molecule has 0 amide bonds. The molecule has 0 spiro atoms. The van der Waals surface area contributed by atoms with Crippen LogP contribution in [0.25, 0.3) is 11.4 Å². The third-order valence-electron chi connectivity index (χ3n) is 2.04. The number of sulfonamides is 1. The van der Waals surface area contributed by atoms with E-state index in [0.717, 1.165) is 5.56 Å². The molecular formula is C9H10N4O2S. The van der Waals surface area contributed by atoms with Crippen molar-refractivity contribution in [1.29, 1.82) is 0 Å². The second-order valence-corrected chi connectivity index (χ2v) is 4.88. The number of hydrogen-bond donors (Lipinski definition) is 2. The summed E-state index contributed by atoms with van der Waals surface area (Å²) in [7, 11) is -3.65. The molecule has 1 aromatic heterocycles. The third-order valence-corrected chi connectivity index (χ3v) is 2.97. The molecule has 0 saturated carbocycles. The van der Waals surface area contributed by atoms with Gasteiger partial charge in [-0.1, -0.05) is 0 Å². The monoisotopic (exact) mass is 238 g/mol. The lowest BCUT2D eigenvalue weighted by molar-refractivity contribution is 0.598. The maximum absolute atomic E-state index is 11.0. The highest BCUT2D eigenvalue weighted by atomic mass is 32.2. The third kappa shape index (κ3) is 2.10. The Kier molecular flexibility index (Phi) is 2.49. The minimum absolute atomic E-state index is 0.0727. The van der Waals surface area contributed by atoms with Crippen molar-refractivity contribution in [3.8, 4) is 11.4 Å². The number of rotatable bonds is 2. The topological polar surface area (TPSA) is 102 Å². The number of primary sulfonamides is 1. The highest BCUT2D eigenvalue weighted by Crippen LogP contribution is 2.16. The molecule has 16 heavy (non-hydrogen) atoms. The van der Waals surface area contributed by atoms with Gasteiger partial charge in [0.25, 0.3) is 0 Å². The predicted octanol–water partition coefficient (Wildman–Crippen LogP) is 0.428. The van der Waals surface area contributed by atoms with E-state index in [9.17, 15) is 8.42 Å². The molecule has 1 aromatic carbocycles. The molecule has 3 N–H and O–H groups in total. The smallest absolute Gasteiger partial charge is 0.238 e. The highest BCUT2D eigenvalue weighted by molar-refractivity contribution is 7.89. The van der Waals surface area contributed by atoms with E-state index in [-0.39, 0.29) is 4.90 Å². The van der Waals surface area contributed by atoms with Crippen molar-refractivity contribution in [3.63, 3.8) is 0 Å². The lowest BCUT2D eigenvalue weighted by Gasteiger charge is -1.98. The summed E-state index contributed by atoms with van der Waals surface area (Å²) in [5.41, 5.74) is 0.733. The number of aromatic nitrogens is 3. The number of aryl methyl sites for hydroxylation is 1. The summed E-state index contributed by atoms with van der Waals surface area (Å²) in [6, 6.07) is 6.08. The molecule has 2 rings (SSSR count). The second kappa shape index (κ2) is 3.69. The van der Waals surface area contributed by atoms with E-state index >= 15 is 0 Å². The van der Waals surface area contributed by atoms with E-state index in [1.165, 1.54) is 12.1 Å². The van der Waals surface area contributed by atoms with Gasteiger partial charge in [0.1, 0.15) is 5.82 Å². The largest absolute Gasteiger partial charge is 0.263 e. The summed E-state index contributed by atoms with van der Waals surface area (Å²) < 4.78 is 22.1. The van der Waals surface area contributed by atoms with Crippen molar-refractivity contribution in [2.24, 2.45) is 5.14 Å². The molecule has 1 heterocycles. The van der Waals surface area contributed by atoms with Crippen LogP contribution in [-0.2, 0) is 10.0 Å². The van der Waals surface area contributed by atoms with Gasteiger partial charge in [0.2, 0.25) is 10.0 Å².